The van der Waals surface area contributed by atoms with Gasteiger partial charge in [0.2, 0.25) is 0 Å². The largest absolute Gasteiger partial charge is 0.313 e. The van der Waals surface area contributed by atoms with E-state index in [-0.39, 0.29) is 11.9 Å². The standard InChI is InChI=1S/C15H23BrFN/c1-9(2)14(10(3)4)15(18-5)11-6-7-13(17)12(16)8-11/h6-10,14-15,18H,1-5H3. The van der Waals surface area contributed by atoms with Crippen LogP contribution in [0.5, 0.6) is 0 Å². The zero-order valence-electron chi connectivity index (χ0n) is 11.8. The molecule has 0 radical (unpaired) electrons. The minimum absolute atomic E-state index is 0.209. The Morgan fingerprint density at radius 2 is 1.67 bits per heavy atom. The molecule has 18 heavy (non-hydrogen) atoms. The molecule has 0 aliphatic rings. The third-order valence-electron chi connectivity index (χ3n) is 3.54. The second kappa shape index (κ2) is 6.67. The van der Waals surface area contributed by atoms with Gasteiger partial charge in [-0.05, 0) is 58.4 Å². The molecule has 1 unspecified atom stereocenters. The van der Waals surface area contributed by atoms with Crippen LogP contribution in [0.25, 0.3) is 0 Å². The van der Waals surface area contributed by atoms with E-state index >= 15 is 0 Å². The summed E-state index contributed by atoms with van der Waals surface area (Å²) < 4.78 is 13.9. The van der Waals surface area contributed by atoms with Gasteiger partial charge >= 0.3 is 0 Å². The fourth-order valence-electron chi connectivity index (χ4n) is 2.83. The third kappa shape index (κ3) is 3.55. The molecule has 3 heteroatoms. The zero-order chi connectivity index (χ0) is 13.9. The van der Waals surface area contributed by atoms with Gasteiger partial charge in [-0.3, -0.25) is 0 Å². The summed E-state index contributed by atoms with van der Waals surface area (Å²) in [6, 6.07) is 5.54. The van der Waals surface area contributed by atoms with Gasteiger partial charge in [-0.25, -0.2) is 4.39 Å². The van der Waals surface area contributed by atoms with Crippen molar-refractivity contribution in [2.24, 2.45) is 17.8 Å². The molecule has 0 heterocycles. The first-order valence-electron chi connectivity index (χ1n) is 6.50. The van der Waals surface area contributed by atoms with Crippen LogP contribution in [0.15, 0.2) is 22.7 Å². The van der Waals surface area contributed by atoms with E-state index in [0.717, 1.165) is 5.56 Å². The maximum atomic E-state index is 13.3. The van der Waals surface area contributed by atoms with Crippen molar-refractivity contribution >= 4 is 15.9 Å². The van der Waals surface area contributed by atoms with Crippen molar-refractivity contribution in [2.45, 2.75) is 33.7 Å². The Balaban J connectivity index is 3.11. The molecule has 0 spiro atoms. The van der Waals surface area contributed by atoms with Crippen LogP contribution >= 0.6 is 15.9 Å². The predicted octanol–water partition coefficient (Wildman–Crippen LogP) is 4.78. The lowest BCUT2D eigenvalue weighted by Crippen LogP contribution is -2.32. The van der Waals surface area contributed by atoms with Crippen molar-refractivity contribution in [3.05, 3.63) is 34.1 Å². The summed E-state index contributed by atoms with van der Waals surface area (Å²) in [5, 5.41) is 3.38. The molecular formula is C15H23BrFN. The normalized spacial score (nSPS) is 13.7. The van der Waals surface area contributed by atoms with Crippen molar-refractivity contribution in [1.82, 2.24) is 5.32 Å². The van der Waals surface area contributed by atoms with E-state index in [1.165, 1.54) is 6.07 Å². The Bertz CT molecular complexity index is 382. The summed E-state index contributed by atoms with van der Waals surface area (Å²) in [7, 11) is 1.97. The number of hydrogen-bond donors (Lipinski definition) is 1. The van der Waals surface area contributed by atoms with Gasteiger partial charge in [0.1, 0.15) is 5.82 Å². The molecule has 1 aromatic rings. The summed E-state index contributed by atoms with van der Waals surface area (Å²) in [6.45, 7) is 8.97. The summed E-state index contributed by atoms with van der Waals surface area (Å²) in [4.78, 5) is 0. The Morgan fingerprint density at radius 1 is 1.11 bits per heavy atom. The molecule has 0 aliphatic heterocycles. The van der Waals surface area contributed by atoms with Gasteiger partial charge in [-0.15, -0.1) is 0 Å². The fourth-order valence-corrected chi connectivity index (χ4v) is 3.22. The highest BCUT2D eigenvalue weighted by Crippen LogP contribution is 2.34. The number of halogens is 2. The average Bonchev–Trinajstić information content (AvgIpc) is 2.28. The van der Waals surface area contributed by atoms with Crippen LogP contribution in [-0.2, 0) is 0 Å². The van der Waals surface area contributed by atoms with Gasteiger partial charge < -0.3 is 5.32 Å². The van der Waals surface area contributed by atoms with Crippen molar-refractivity contribution in [3.8, 4) is 0 Å². The number of hydrogen-bond acceptors (Lipinski definition) is 1. The van der Waals surface area contributed by atoms with Crippen LogP contribution in [-0.4, -0.2) is 7.05 Å². The molecule has 1 atom stereocenters. The van der Waals surface area contributed by atoms with Crippen LogP contribution in [0.1, 0.15) is 39.3 Å². The van der Waals surface area contributed by atoms with E-state index < -0.39 is 0 Å². The molecule has 1 nitrogen and oxygen atoms in total. The molecule has 0 aromatic heterocycles. The van der Waals surface area contributed by atoms with E-state index in [1.807, 2.05) is 19.2 Å². The van der Waals surface area contributed by atoms with Gasteiger partial charge in [0.25, 0.3) is 0 Å². The monoisotopic (exact) mass is 315 g/mol. The minimum atomic E-state index is -0.209. The molecule has 102 valence electrons. The lowest BCUT2D eigenvalue weighted by molar-refractivity contribution is 0.217. The van der Waals surface area contributed by atoms with Crippen LogP contribution in [0.3, 0.4) is 0 Å². The maximum absolute atomic E-state index is 13.3. The van der Waals surface area contributed by atoms with E-state index in [4.69, 9.17) is 0 Å². The van der Waals surface area contributed by atoms with Crippen LogP contribution < -0.4 is 5.32 Å². The number of nitrogens with one attached hydrogen (secondary N) is 1. The first kappa shape index (κ1) is 15.6. The van der Waals surface area contributed by atoms with Gasteiger partial charge in [-0.2, -0.15) is 0 Å². The Labute approximate surface area is 118 Å². The van der Waals surface area contributed by atoms with Gasteiger partial charge in [0.15, 0.2) is 0 Å². The first-order valence-corrected chi connectivity index (χ1v) is 7.30. The van der Waals surface area contributed by atoms with Gasteiger partial charge in [0, 0.05) is 6.04 Å². The second-order valence-electron chi connectivity index (χ2n) is 5.51. The summed E-state index contributed by atoms with van der Waals surface area (Å²) in [6.07, 6.45) is 0. The lowest BCUT2D eigenvalue weighted by atomic mass is 9.77. The first-order chi connectivity index (χ1) is 8.38. The molecule has 0 saturated heterocycles. The van der Waals surface area contributed by atoms with Gasteiger partial charge in [0.05, 0.1) is 4.47 Å². The SMILES string of the molecule is CNC(c1ccc(F)c(Br)c1)C(C(C)C)C(C)C. The fraction of sp³-hybridized carbons (Fsp3) is 0.600. The average molecular weight is 316 g/mol. The minimum Gasteiger partial charge on any atom is -0.313 e. The Hall–Kier alpha value is -0.410. The molecule has 0 saturated carbocycles. The molecular weight excluding hydrogens is 293 g/mol. The summed E-state index contributed by atoms with van der Waals surface area (Å²) in [5.41, 5.74) is 1.14. The molecule has 1 N–H and O–H groups in total. The highest BCUT2D eigenvalue weighted by molar-refractivity contribution is 9.10. The quantitative estimate of drug-likeness (QED) is 0.824. The van der Waals surface area contributed by atoms with E-state index in [2.05, 4.69) is 48.9 Å². The number of benzene rings is 1. The van der Waals surface area contributed by atoms with Crippen molar-refractivity contribution in [1.29, 1.82) is 0 Å². The van der Waals surface area contributed by atoms with E-state index in [1.54, 1.807) is 0 Å². The second-order valence-corrected chi connectivity index (χ2v) is 6.36. The highest BCUT2D eigenvalue weighted by atomic mass is 79.9. The molecule has 0 bridgehead atoms. The topological polar surface area (TPSA) is 12.0 Å². The lowest BCUT2D eigenvalue weighted by Gasteiger charge is -2.33. The highest BCUT2D eigenvalue weighted by Gasteiger charge is 2.27. The third-order valence-corrected chi connectivity index (χ3v) is 4.15. The molecule has 0 amide bonds. The van der Waals surface area contributed by atoms with E-state index in [9.17, 15) is 4.39 Å². The summed E-state index contributed by atoms with van der Waals surface area (Å²) in [5.74, 6) is 1.46. The predicted molar refractivity (Wildman–Crippen MR) is 79.1 cm³/mol. The van der Waals surface area contributed by atoms with E-state index in [0.29, 0.717) is 22.2 Å². The van der Waals surface area contributed by atoms with Crippen molar-refractivity contribution in [2.75, 3.05) is 7.05 Å². The van der Waals surface area contributed by atoms with Crippen LogP contribution in [0, 0.1) is 23.6 Å². The van der Waals surface area contributed by atoms with Crippen molar-refractivity contribution in [3.63, 3.8) is 0 Å². The molecule has 1 rings (SSSR count). The maximum Gasteiger partial charge on any atom is 0.137 e. The summed E-state index contributed by atoms with van der Waals surface area (Å²) >= 11 is 3.26. The zero-order valence-corrected chi connectivity index (χ0v) is 13.4. The Morgan fingerprint density at radius 3 is 2.06 bits per heavy atom. The smallest absolute Gasteiger partial charge is 0.137 e. The van der Waals surface area contributed by atoms with Crippen LogP contribution in [0.2, 0.25) is 0 Å². The molecule has 0 fully saturated rings. The Kier molecular flexibility index (Phi) is 5.80. The van der Waals surface area contributed by atoms with Crippen LogP contribution in [0.4, 0.5) is 4.39 Å². The molecule has 0 aliphatic carbocycles. The van der Waals surface area contributed by atoms with Gasteiger partial charge in [-0.1, -0.05) is 33.8 Å². The number of rotatable bonds is 5. The van der Waals surface area contributed by atoms with Crippen molar-refractivity contribution < 1.29 is 4.39 Å². The molecule has 1 aromatic carbocycles.